The zero-order chi connectivity index (χ0) is 31.0. The van der Waals surface area contributed by atoms with Gasteiger partial charge in [-0.25, -0.2) is 0 Å². The highest BCUT2D eigenvalue weighted by molar-refractivity contribution is 5.60. The Bertz CT molecular complexity index is 1500. The molecule has 2 aliphatic heterocycles. The summed E-state index contributed by atoms with van der Waals surface area (Å²) in [5, 5.41) is 0. The highest BCUT2D eigenvalue weighted by Gasteiger charge is 2.52. The first-order valence-electron chi connectivity index (χ1n) is 15.2. The van der Waals surface area contributed by atoms with E-state index in [1.807, 2.05) is 97.1 Å². The number of rotatable bonds is 13. The van der Waals surface area contributed by atoms with Gasteiger partial charge < -0.3 is 37.9 Å². The van der Waals surface area contributed by atoms with Crippen molar-refractivity contribution in [3.05, 3.63) is 125 Å². The van der Waals surface area contributed by atoms with Crippen LogP contribution in [0, 0.1) is 0 Å². The fourth-order valence-electron chi connectivity index (χ4n) is 6.10. The Kier molecular flexibility index (Phi) is 10.3. The maximum absolute atomic E-state index is 6.92. The highest BCUT2D eigenvalue weighted by Crippen LogP contribution is 2.51. The summed E-state index contributed by atoms with van der Waals surface area (Å²) in [6, 6.07) is 32.2. The molecule has 0 spiro atoms. The molecule has 0 aliphatic carbocycles. The Hall–Kier alpha value is -3.92. The average molecular weight is 613 g/mol. The van der Waals surface area contributed by atoms with Crippen molar-refractivity contribution in [1.29, 1.82) is 0 Å². The Morgan fingerprint density at radius 3 is 1.76 bits per heavy atom. The fraction of sp³-hybridized carbons (Fsp3) is 0.351. The number of benzene rings is 4. The third kappa shape index (κ3) is 7.01. The maximum atomic E-state index is 6.92. The average Bonchev–Trinajstić information content (AvgIpc) is 3.10. The quantitative estimate of drug-likeness (QED) is 0.171. The van der Waals surface area contributed by atoms with E-state index >= 15 is 0 Å². The summed E-state index contributed by atoms with van der Waals surface area (Å²) in [7, 11) is 4.83. The van der Waals surface area contributed by atoms with Crippen LogP contribution in [0.1, 0.15) is 33.9 Å². The first-order chi connectivity index (χ1) is 22.2. The van der Waals surface area contributed by atoms with E-state index in [9.17, 15) is 0 Å². The molecular formula is C37H40O8. The minimum Gasteiger partial charge on any atom is -0.493 e. The van der Waals surface area contributed by atoms with Crippen LogP contribution in [0.2, 0.25) is 0 Å². The van der Waals surface area contributed by atoms with E-state index in [0.717, 1.165) is 27.8 Å². The Morgan fingerprint density at radius 2 is 1.20 bits per heavy atom. The molecular weight excluding hydrogens is 572 g/mol. The molecule has 8 heteroatoms. The van der Waals surface area contributed by atoms with Crippen molar-refractivity contribution in [2.75, 3.05) is 27.9 Å². The molecule has 2 aliphatic rings. The van der Waals surface area contributed by atoms with Gasteiger partial charge in [-0.2, -0.15) is 0 Å². The zero-order valence-corrected chi connectivity index (χ0v) is 25.9. The van der Waals surface area contributed by atoms with E-state index < -0.39 is 30.5 Å². The van der Waals surface area contributed by atoms with Crippen LogP contribution in [-0.4, -0.2) is 52.4 Å². The van der Waals surface area contributed by atoms with Crippen LogP contribution in [0.3, 0.4) is 0 Å². The predicted molar refractivity (Wildman–Crippen MR) is 168 cm³/mol. The highest BCUT2D eigenvalue weighted by atomic mass is 16.6. The number of fused-ring (bicyclic) bond motifs is 3. The largest absolute Gasteiger partial charge is 0.493 e. The van der Waals surface area contributed by atoms with E-state index in [1.165, 1.54) is 0 Å². The van der Waals surface area contributed by atoms with Crippen molar-refractivity contribution in [3.63, 3.8) is 0 Å². The van der Waals surface area contributed by atoms with Gasteiger partial charge >= 0.3 is 0 Å². The van der Waals surface area contributed by atoms with Gasteiger partial charge in [0.1, 0.15) is 30.5 Å². The Morgan fingerprint density at radius 1 is 0.644 bits per heavy atom. The molecule has 8 nitrogen and oxygen atoms in total. The van der Waals surface area contributed by atoms with Crippen LogP contribution >= 0.6 is 0 Å². The normalized spacial score (nSPS) is 22.2. The Labute approximate surface area is 264 Å². The molecule has 4 aromatic carbocycles. The fourth-order valence-corrected chi connectivity index (χ4v) is 6.10. The van der Waals surface area contributed by atoms with Gasteiger partial charge in [-0.15, -0.1) is 0 Å². The molecule has 45 heavy (non-hydrogen) atoms. The molecule has 6 rings (SSSR count). The summed E-state index contributed by atoms with van der Waals surface area (Å²) in [5.74, 6) is 1.62. The van der Waals surface area contributed by atoms with Crippen molar-refractivity contribution in [2.45, 2.75) is 56.9 Å². The van der Waals surface area contributed by atoms with E-state index in [0.29, 0.717) is 43.7 Å². The van der Waals surface area contributed by atoms with Gasteiger partial charge in [0.25, 0.3) is 0 Å². The lowest BCUT2D eigenvalue weighted by Gasteiger charge is -2.48. The minimum absolute atomic E-state index is 0.285. The van der Waals surface area contributed by atoms with Gasteiger partial charge in [0.15, 0.2) is 11.5 Å². The van der Waals surface area contributed by atoms with Crippen LogP contribution in [0.4, 0.5) is 0 Å². The van der Waals surface area contributed by atoms with E-state index in [1.54, 1.807) is 21.3 Å². The summed E-state index contributed by atoms with van der Waals surface area (Å²) >= 11 is 0. The smallest absolute Gasteiger partial charge is 0.203 e. The monoisotopic (exact) mass is 612 g/mol. The maximum Gasteiger partial charge on any atom is 0.203 e. The number of hydrogen-bond donors (Lipinski definition) is 0. The lowest BCUT2D eigenvalue weighted by Crippen LogP contribution is -2.59. The van der Waals surface area contributed by atoms with Gasteiger partial charge in [-0.1, -0.05) is 91.0 Å². The Balaban J connectivity index is 1.36. The lowest BCUT2D eigenvalue weighted by atomic mass is 9.86. The SMILES string of the molecule is COc1cc2c(c(OC)c1OC)[C@H]1O[C@H](COCc3ccccc3)[C@@H](OCc3ccccc3)[C@H](OCc3ccccc3)[C@H]1OC2. The van der Waals surface area contributed by atoms with Gasteiger partial charge in [0, 0.05) is 5.56 Å². The molecule has 0 saturated carbocycles. The second-order valence-corrected chi connectivity index (χ2v) is 11.1. The second kappa shape index (κ2) is 14.9. The van der Waals surface area contributed by atoms with Crippen LogP contribution in [0.15, 0.2) is 97.1 Å². The van der Waals surface area contributed by atoms with Gasteiger partial charge in [-0.05, 0) is 28.3 Å². The number of methoxy groups -OCH3 is 3. The molecule has 0 radical (unpaired) electrons. The van der Waals surface area contributed by atoms with Crippen molar-refractivity contribution < 1.29 is 37.9 Å². The number of hydrogen-bond acceptors (Lipinski definition) is 8. The first-order valence-corrected chi connectivity index (χ1v) is 15.2. The predicted octanol–water partition coefficient (Wildman–Crippen LogP) is 6.44. The standard InChI is InChI=1S/C37H40O8/c1-38-29-19-28-23-44-37-35(31(28)34(40-3)32(29)39-2)45-30(24-41-20-25-13-7-4-8-14-25)33(42-21-26-15-9-5-10-16-26)36(37)43-22-27-17-11-6-12-18-27/h4-19,30,33,35-37H,20-24H2,1-3H3/t30-,33-,35-,36+,37+/m1/s1. The molecule has 0 amide bonds. The molecule has 0 N–H and O–H groups in total. The van der Waals surface area contributed by atoms with Crippen LogP contribution < -0.4 is 14.2 Å². The molecule has 5 atom stereocenters. The summed E-state index contributed by atoms with van der Waals surface area (Å²) in [6.45, 7) is 1.82. The van der Waals surface area contributed by atoms with E-state index in [2.05, 4.69) is 0 Å². The van der Waals surface area contributed by atoms with Gasteiger partial charge in [0.05, 0.1) is 54.4 Å². The zero-order valence-electron chi connectivity index (χ0n) is 25.9. The van der Waals surface area contributed by atoms with Gasteiger partial charge in [-0.3, -0.25) is 0 Å². The second-order valence-electron chi connectivity index (χ2n) is 11.1. The molecule has 4 aromatic rings. The molecule has 2 heterocycles. The molecule has 0 bridgehead atoms. The van der Waals surface area contributed by atoms with Crippen LogP contribution in [-0.2, 0) is 50.1 Å². The molecule has 1 fully saturated rings. The molecule has 1 saturated heterocycles. The third-order valence-corrected chi connectivity index (χ3v) is 8.27. The summed E-state index contributed by atoms with van der Waals surface area (Å²) < 4.78 is 50.5. The number of ether oxygens (including phenoxy) is 8. The summed E-state index contributed by atoms with van der Waals surface area (Å²) in [4.78, 5) is 0. The summed E-state index contributed by atoms with van der Waals surface area (Å²) in [5.41, 5.74) is 4.95. The molecule has 236 valence electrons. The van der Waals surface area contributed by atoms with E-state index in [4.69, 9.17) is 37.9 Å². The molecule has 0 aromatic heterocycles. The van der Waals surface area contributed by atoms with Crippen molar-refractivity contribution in [3.8, 4) is 17.2 Å². The van der Waals surface area contributed by atoms with Crippen molar-refractivity contribution >= 4 is 0 Å². The van der Waals surface area contributed by atoms with E-state index in [-0.39, 0.29) is 6.61 Å². The van der Waals surface area contributed by atoms with Crippen molar-refractivity contribution in [1.82, 2.24) is 0 Å². The van der Waals surface area contributed by atoms with Crippen LogP contribution in [0.25, 0.3) is 0 Å². The van der Waals surface area contributed by atoms with Gasteiger partial charge in [0.2, 0.25) is 5.75 Å². The first kappa shape index (κ1) is 31.1. The minimum atomic E-state index is -0.536. The van der Waals surface area contributed by atoms with Crippen molar-refractivity contribution in [2.24, 2.45) is 0 Å². The molecule has 0 unspecified atom stereocenters. The summed E-state index contributed by atoms with van der Waals surface area (Å²) in [6.07, 6.45) is -2.47. The van der Waals surface area contributed by atoms with Crippen LogP contribution in [0.5, 0.6) is 17.2 Å². The lowest BCUT2D eigenvalue weighted by molar-refractivity contribution is -0.280. The third-order valence-electron chi connectivity index (χ3n) is 8.27. The topological polar surface area (TPSA) is 73.8 Å².